The zero-order chi connectivity index (χ0) is 9.56. The monoisotopic (exact) mass is 172 g/mol. The van der Waals surface area contributed by atoms with Crippen molar-refractivity contribution in [3.05, 3.63) is 12.0 Å². The molecule has 0 bridgehead atoms. The van der Waals surface area contributed by atoms with E-state index in [0.29, 0.717) is 0 Å². The molecule has 0 fully saturated rings. The molecule has 6 N–H and O–H groups in total. The van der Waals surface area contributed by atoms with Gasteiger partial charge in [-0.3, -0.25) is 9.79 Å². The summed E-state index contributed by atoms with van der Waals surface area (Å²) in [7, 11) is 1.46. The fourth-order valence-electron chi connectivity index (χ4n) is 0.505. The molecule has 0 radical (unpaired) electrons. The predicted octanol–water partition coefficient (Wildman–Crippen LogP) is -1.55. The lowest BCUT2D eigenvalue weighted by atomic mass is 10.4. The normalized spacial score (nSPS) is 12.8. The van der Waals surface area contributed by atoms with Crippen molar-refractivity contribution in [3.63, 3.8) is 0 Å². The van der Waals surface area contributed by atoms with Crippen molar-refractivity contribution in [3.8, 4) is 0 Å². The van der Waals surface area contributed by atoms with Crippen LogP contribution in [-0.2, 0) is 4.79 Å². The quantitative estimate of drug-likeness (QED) is 0.233. The average Bonchev–Trinajstić information content (AvgIpc) is 2.04. The highest BCUT2D eigenvalue weighted by Crippen LogP contribution is 1.85. The van der Waals surface area contributed by atoms with Crippen LogP contribution in [0, 0.1) is 0 Å². The SMILES string of the molecule is CN=C(N)C(=CO)NCC(N)=O. The number of hydrogen-bond acceptors (Lipinski definition) is 4. The number of rotatable bonds is 4. The molecule has 0 atom stereocenters. The fraction of sp³-hybridized carbons (Fsp3) is 0.333. The number of amidine groups is 1. The van der Waals surface area contributed by atoms with Gasteiger partial charge in [-0.2, -0.15) is 0 Å². The molecular weight excluding hydrogens is 160 g/mol. The lowest BCUT2D eigenvalue weighted by molar-refractivity contribution is -0.117. The van der Waals surface area contributed by atoms with Gasteiger partial charge in [0.25, 0.3) is 0 Å². The number of aliphatic hydroxyl groups excluding tert-OH is 1. The van der Waals surface area contributed by atoms with E-state index < -0.39 is 5.91 Å². The summed E-state index contributed by atoms with van der Waals surface area (Å²) in [4.78, 5) is 13.9. The van der Waals surface area contributed by atoms with Crippen LogP contribution in [0.25, 0.3) is 0 Å². The minimum atomic E-state index is -0.543. The van der Waals surface area contributed by atoms with Crippen LogP contribution >= 0.6 is 0 Å². The molecule has 6 nitrogen and oxygen atoms in total. The van der Waals surface area contributed by atoms with E-state index in [4.69, 9.17) is 16.6 Å². The second-order valence-electron chi connectivity index (χ2n) is 1.97. The van der Waals surface area contributed by atoms with Gasteiger partial charge in [-0.05, 0) is 0 Å². The molecule has 0 aliphatic rings. The first-order chi connectivity index (χ1) is 5.61. The van der Waals surface area contributed by atoms with Crippen molar-refractivity contribution in [1.82, 2.24) is 5.32 Å². The minimum absolute atomic E-state index is 0.0946. The van der Waals surface area contributed by atoms with Crippen LogP contribution in [0.4, 0.5) is 0 Å². The highest BCUT2D eigenvalue weighted by Gasteiger charge is 2.02. The van der Waals surface area contributed by atoms with Gasteiger partial charge in [-0.25, -0.2) is 0 Å². The van der Waals surface area contributed by atoms with Gasteiger partial charge in [0.05, 0.1) is 6.54 Å². The first-order valence-electron chi connectivity index (χ1n) is 3.21. The Balaban J connectivity index is 4.12. The van der Waals surface area contributed by atoms with Gasteiger partial charge in [0.1, 0.15) is 17.8 Å². The number of hydrogen-bond donors (Lipinski definition) is 4. The number of aliphatic hydroxyl groups is 1. The van der Waals surface area contributed by atoms with Gasteiger partial charge in [0, 0.05) is 7.05 Å². The molecular formula is C6H12N4O2. The summed E-state index contributed by atoms with van der Waals surface area (Å²) in [6.45, 7) is -0.0946. The molecule has 0 saturated heterocycles. The highest BCUT2D eigenvalue weighted by atomic mass is 16.2. The first kappa shape index (κ1) is 10.3. The first-order valence-corrected chi connectivity index (χ1v) is 3.21. The van der Waals surface area contributed by atoms with Gasteiger partial charge in [0.2, 0.25) is 5.91 Å². The largest absolute Gasteiger partial charge is 0.513 e. The number of aliphatic imine (C=N–C) groups is 1. The summed E-state index contributed by atoms with van der Waals surface area (Å²) < 4.78 is 0. The van der Waals surface area contributed by atoms with Crippen molar-refractivity contribution >= 4 is 11.7 Å². The Kier molecular flexibility index (Phi) is 4.28. The number of carbonyl (C=O) groups is 1. The smallest absolute Gasteiger partial charge is 0.236 e. The molecule has 1 amide bonds. The topological polar surface area (TPSA) is 114 Å². The van der Waals surface area contributed by atoms with Crippen molar-refractivity contribution in [2.24, 2.45) is 16.5 Å². The molecule has 0 aromatic heterocycles. The summed E-state index contributed by atoms with van der Waals surface area (Å²) in [5, 5.41) is 11.1. The van der Waals surface area contributed by atoms with E-state index in [-0.39, 0.29) is 18.1 Å². The summed E-state index contributed by atoms with van der Waals surface area (Å²) in [5.41, 5.74) is 10.3. The van der Waals surface area contributed by atoms with Crippen LogP contribution in [0.5, 0.6) is 0 Å². The molecule has 0 aliphatic heterocycles. The zero-order valence-electron chi connectivity index (χ0n) is 6.74. The minimum Gasteiger partial charge on any atom is -0.513 e. The lowest BCUT2D eigenvalue weighted by Crippen LogP contribution is -2.33. The van der Waals surface area contributed by atoms with E-state index in [1.807, 2.05) is 0 Å². The van der Waals surface area contributed by atoms with E-state index in [1.165, 1.54) is 7.05 Å². The Morgan fingerprint density at radius 2 is 2.25 bits per heavy atom. The van der Waals surface area contributed by atoms with Gasteiger partial charge < -0.3 is 21.9 Å². The maximum absolute atomic E-state index is 10.3. The van der Waals surface area contributed by atoms with Crippen molar-refractivity contribution in [2.75, 3.05) is 13.6 Å². The molecule has 0 unspecified atom stereocenters. The number of carbonyl (C=O) groups excluding carboxylic acids is 1. The molecule has 68 valence electrons. The highest BCUT2D eigenvalue weighted by molar-refractivity contribution is 5.96. The molecule has 0 rings (SSSR count). The maximum Gasteiger partial charge on any atom is 0.236 e. The van der Waals surface area contributed by atoms with Gasteiger partial charge in [-0.1, -0.05) is 0 Å². The molecule has 12 heavy (non-hydrogen) atoms. The number of nitrogens with two attached hydrogens (primary N) is 2. The fourth-order valence-corrected chi connectivity index (χ4v) is 0.505. The molecule has 6 heteroatoms. The summed E-state index contributed by atoms with van der Waals surface area (Å²) in [6.07, 6.45) is 0.727. The Labute approximate surface area is 70.0 Å². The predicted molar refractivity (Wildman–Crippen MR) is 45.5 cm³/mol. The van der Waals surface area contributed by atoms with Crippen molar-refractivity contribution < 1.29 is 9.90 Å². The van der Waals surface area contributed by atoms with Crippen LogP contribution in [0.15, 0.2) is 17.0 Å². The zero-order valence-corrected chi connectivity index (χ0v) is 6.74. The van der Waals surface area contributed by atoms with Crippen LogP contribution in [0.3, 0.4) is 0 Å². The van der Waals surface area contributed by atoms with Crippen LogP contribution in [0.1, 0.15) is 0 Å². The molecule has 0 heterocycles. The molecule has 0 aromatic carbocycles. The Bertz CT molecular complexity index is 222. The molecule has 0 aliphatic carbocycles. The summed E-state index contributed by atoms with van der Waals surface area (Å²) in [5.74, 6) is -0.433. The van der Waals surface area contributed by atoms with E-state index in [1.54, 1.807) is 0 Å². The van der Waals surface area contributed by atoms with Crippen LogP contribution in [-0.4, -0.2) is 30.4 Å². The summed E-state index contributed by atoms with van der Waals surface area (Å²) >= 11 is 0. The third-order valence-corrected chi connectivity index (χ3v) is 1.10. The number of nitrogens with one attached hydrogen (secondary N) is 1. The van der Waals surface area contributed by atoms with Gasteiger partial charge in [-0.15, -0.1) is 0 Å². The van der Waals surface area contributed by atoms with E-state index in [0.717, 1.165) is 6.26 Å². The van der Waals surface area contributed by atoms with Crippen molar-refractivity contribution in [2.45, 2.75) is 0 Å². The maximum atomic E-state index is 10.3. The number of amides is 1. The Morgan fingerprint density at radius 3 is 2.58 bits per heavy atom. The standard InChI is InChI=1S/C6H12N4O2/c1-9-6(8)4(3-11)10-2-5(7)12/h3,10-11H,2H2,1H3,(H2,7,12)(H2,8,9). The second-order valence-corrected chi connectivity index (χ2v) is 1.97. The van der Waals surface area contributed by atoms with Gasteiger partial charge >= 0.3 is 0 Å². The lowest BCUT2D eigenvalue weighted by Gasteiger charge is -2.05. The van der Waals surface area contributed by atoms with E-state index in [9.17, 15) is 4.79 Å². The van der Waals surface area contributed by atoms with E-state index >= 15 is 0 Å². The van der Waals surface area contributed by atoms with Crippen LogP contribution < -0.4 is 16.8 Å². The van der Waals surface area contributed by atoms with Crippen LogP contribution in [0.2, 0.25) is 0 Å². The average molecular weight is 172 g/mol. The molecule has 0 saturated carbocycles. The molecule has 0 aromatic rings. The number of primary amides is 1. The van der Waals surface area contributed by atoms with Gasteiger partial charge in [0.15, 0.2) is 0 Å². The third kappa shape index (κ3) is 3.45. The van der Waals surface area contributed by atoms with E-state index in [2.05, 4.69) is 10.3 Å². The third-order valence-electron chi connectivity index (χ3n) is 1.10. The molecule has 0 spiro atoms. The summed E-state index contributed by atoms with van der Waals surface area (Å²) in [6, 6.07) is 0. The second kappa shape index (κ2) is 5.00. The number of nitrogens with zero attached hydrogens (tertiary/aromatic N) is 1. The van der Waals surface area contributed by atoms with Crippen molar-refractivity contribution in [1.29, 1.82) is 0 Å². The Hall–Kier alpha value is -1.72. The Morgan fingerprint density at radius 1 is 1.67 bits per heavy atom.